The minimum atomic E-state index is 0.534. The zero-order valence-electron chi connectivity index (χ0n) is 11.9. The summed E-state index contributed by atoms with van der Waals surface area (Å²) >= 11 is 1.46. The van der Waals surface area contributed by atoms with Gasteiger partial charge in [-0.15, -0.1) is 0 Å². The van der Waals surface area contributed by atoms with Crippen LogP contribution in [0.2, 0.25) is 0 Å². The third kappa shape index (κ3) is 1.87. The fourth-order valence-corrected chi connectivity index (χ4v) is 4.31. The lowest BCUT2D eigenvalue weighted by Crippen LogP contribution is -2.09. The summed E-state index contributed by atoms with van der Waals surface area (Å²) in [4.78, 5) is 4.64. The highest BCUT2D eigenvalue weighted by Crippen LogP contribution is 2.57. The van der Waals surface area contributed by atoms with Crippen LogP contribution in [0.4, 0.5) is 5.13 Å². The average Bonchev–Trinajstić information content (AvgIpc) is 2.93. The van der Waals surface area contributed by atoms with Crippen molar-refractivity contribution in [2.75, 3.05) is 5.32 Å². The molecule has 4 heteroatoms. The molecule has 22 heavy (non-hydrogen) atoms. The molecule has 1 fully saturated rings. The molecule has 3 aromatic rings. The van der Waals surface area contributed by atoms with Crippen LogP contribution in [0.3, 0.4) is 0 Å². The second kappa shape index (κ2) is 4.65. The van der Waals surface area contributed by atoms with Crippen molar-refractivity contribution in [2.45, 2.75) is 18.4 Å². The summed E-state index contributed by atoms with van der Waals surface area (Å²) < 4.78 is 4.47. The minimum Gasteiger partial charge on any atom is -0.357 e. The molecule has 108 valence electrons. The summed E-state index contributed by atoms with van der Waals surface area (Å²) in [7, 11) is 0. The van der Waals surface area contributed by atoms with Gasteiger partial charge in [-0.25, -0.2) is 0 Å². The van der Waals surface area contributed by atoms with Gasteiger partial charge in [0, 0.05) is 29.1 Å². The largest absolute Gasteiger partial charge is 0.357 e. The van der Waals surface area contributed by atoms with Crippen LogP contribution < -0.4 is 5.32 Å². The van der Waals surface area contributed by atoms with E-state index in [1.807, 2.05) is 30.3 Å². The highest BCUT2D eigenvalue weighted by molar-refractivity contribution is 7.09. The molecule has 0 spiro atoms. The van der Waals surface area contributed by atoms with Gasteiger partial charge < -0.3 is 5.32 Å². The number of anilines is 1. The summed E-state index contributed by atoms with van der Waals surface area (Å²) in [5, 5.41) is 4.53. The van der Waals surface area contributed by atoms with E-state index in [1.54, 1.807) is 0 Å². The zero-order valence-corrected chi connectivity index (χ0v) is 12.8. The number of nitrogens with zero attached hydrogens (tertiary/aromatic N) is 2. The van der Waals surface area contributed by atoms with Crippen LogP contribution in [0.1, 0.15) is 17.0 Å². The first kappa shape index (κ1) is 12.4. The van der Waals surface area contributed by atoms with Crippen molar-refractivity contribution in [1.29, 1.82) is 0 Å². The molecule has 0 amide bonds. The summed E-state index contributed by atoms with van der Waals surface area (Å²) in [6.07, 6.45) is 1.20. The highest BCUT2D eigenvalue weighted by atomic mass is 32.1. The van der Waals surface area contributed by atoms with Gasteiger partial charge in [0.15, 0.2) is 5.82 Å². The molecule has 2 aliphatic carbocycles. The molecule has 3 unspecified atom stereocenters. The molecule has 0 radical (unpaired) electrons. The summed E-state index contributed by atoms with van der Waals surface area (Å²) in [5.41, 5.74) is 4.13. The Labute approximate surface area is 133 Å². The molecular weight excluding hydrogens is 290 g/mol. The normalized spacial score (nSPS) is 24.6. The lowest BCUT2D eigenvalue weighted by molar-refractivity contribution is 0.823. The lowest BCUT2D eigenvalue weighted by atomic mass is 10.1. The number of benzene rings is 2. The van der Waals surface area contributed by atoms with E-state index in [0.717, 1.165) is 22.4 Å². The molecule has 0 saturated heterocycles. The molecular formula is C18H15N3S. The molecule has 1 aromatic heterocycles. The van der Waals surface area contributed by atoms with Crippen LogP contribution in [0.15, 0.2) is 54.6 Å². The number of rotatable bonds is 3. The number of hydrogen-bond acceptors (Lipinski definition) is 4. The van der Waals surface area contributed by atoms with Crippen LogP contribution in [0.5, 0.6) is 0 Å². The van der Waals surface area contributed by atoms with Gasteiger partial charge in [-0.3, -0.25) is 0 Å². The smallest absolute Gasteiger partial charge is 0.203 e. The Bertz CT molecular complexity index is 827. The van der Waals surface area contributed by atoms with Gasteiger partial charge in [-0.1, -0.05) is 54.6 Å². The van der Waals surface area contributed by atoms with E-state index < -0.39 is 0 Å². The summed E-state index contributed by atoms with van der Waals surface area (Å²) in [5.74, 6) is 2.22. The monoisotopic (exact) mass is 305 g/mol. The van der Waals surface area contributed by atoms with Crippen LogP contribution in [0, 0.1) is 5.92 Å². The average molecular weight is 305 g/mol. The molecule has 3 nitrogen and oxygen atoms in total. The highest BCUT2D eigenvalue weighted by Gasteiger charge is 2.55. The number of fused-ring (bicyclic) bond motifs is 3. The third-order valence-electron chi connectivity index (χ3n) is 4.79. The number of nitrogens with one attached hydrogen (secondary N) is 1. The van der Waals surface area contributed by atoms with Gasteiger partial charge in [-0.2, -0.15) is 9.36 Å². The van der Waals surface area contributed by atoms with E-state index in [9.17, 15) is 0 Å². The van der Waals surface area contributed by atoms with Crippen LogP contribution in [-0.2, 0) is 6.42 Å². The predicted molar refractivity (Wildman–Crippen MR) is 89.1 cm³/mol. The maximum atomic E-state index is 4.64. The maximum Gasteiger partial charge on any atom is 0.203 e. The molecule has 2 aliphatic rings. The van der Waals surface area contributed by atoms with Gasteiger partial charge >= 0.3 is 0 Å². The molecule has 1 N–H and O–H groups in total. The standard InChI is InChI=1S/C18H15N3S/c1-2-6-11(7-3-1)17-20-18(22-21-17)19-16-14-10-12-8-4-5-9-13(12)15(14)16/h1-9,14-16H,10H2,(H,19,20,21). The SMILES string of the molecule is c1ccc(-c2nsc(NC3C4Cc5ccccc5C43)n2)cc1. The van der Waals surface area contributed by atoms with Crippen molar-refractivity contribution in [3.8, 4) is 11.4 Å². The summed E-state index contributed by atoms with van der Waals surface area (Å²) in [6.45, 7) is 0. The van der Waals surface area contributed by atoms with Gasteiger partial charge in [0.25, 0.3) is 0 Å². The third-order valence-corrected chi connectivity index (χ3v) is 5.43. The molecule has 2 aromatic carbocycles. The number of aromatic nitrogens is 2. The van der Waals surface area contributed by atoms with Crippen molar-refractivity contribution >= 4 is 16.7 Å². The molecule has 5 rings (SSSR count). The zero-order chi connectivity index (χ0) is 14.5. The number of hydrogen-bond donors (Lipinski definition) is 1. The van der Waals surface area contributed by atoms with E-state index in [0.29, 0.717) is 12.0 Å². The van der Waals surface area contributed by atoms with E-state index in [-0.39, 0.29) is 0 Å². The Kier molecular flexibility index (Phi) is 2.61. The van der Waals surface area contributed by atoms with E-state index in [4.69, 9.17) is 0 Å². The quantitative estimate of drug-likeness (QED) is 0.796. The van der Waals surface area contributed by atoms with Crippen molar-refractivity contribution < 1.29 is 0 Å². The second-order valence-electron chi connectivity index (χ2n) is 6.05. The van der Waals surface area contributed by atoms with E-state index in [2.05, 4.69) is 38.9 Å². The van der Waals surface area contributed by atoms with Gasteiger partial charge in [0.05, 0.1) is 0 Å². The topological polar surface area (TPSA) is 37.8 Å². The Morgan fingerprint density at radius 3 is 2.73 bits per heavy atom. The maximum absolute atomic E-state index is 4.64. The fraction of sp³-hybridized carbons (Fsp3) is 0.222. The van der Waals surface area contributed by atoms with Crippen molar-refractivity contribution in [3.63, 3.8) is 0 Å². The second-order valence-corrected chi connectivity index (χ2v) is 6.80. The van der Waals surface area contributed by atoms with Crippen molar-refractivity contribution in [1.82, 2.24) is 9.36 Å². The fourth-order valence-electron chi connectivity index (χ4n) is 3.68. The van der Waals surface area contributed by atoms with Gasteiger partial charge in [-0.05, 0) is 23.5 Å². The van der Waals surface area contributed by atoms with E-state index >= 15 is 0 Å². The Balaban J connectivity index is 1.34. The van der Waals surface area contributed by atoms with Crippen LogP contribution >= 0.6 is 11.5 Å². The Morgan fingerprint density at radius 2 is 1.82 bits per heavy atom. The van der Waals surface area contributed by atoms with Crippen LogP contribution in [-0.4, -0.2) is 15.4 Å². The lowest BCUT2D eigenvalue weighted by Gasteiger charge is -2.07. The molecule has 0 bridgehead atoms. The first-order valence-corrected chi connectivity index (χ1v) is 8.41. The minimum absolute atomic E-state index is 0.534. The predicted octanol–water partition coefficient (Wildman–Crippen LogP) is 3.96. The molecule has 3 atom stereocenters. The van der Waals surface area contributed by atoms with E-state index in [1.165, 1.54) is 29.1 Å². The van der Waals surface area contributed by atoms with Gasteiger partial charge in [0.2, 0.25) is 5.13 Å². The molecule has 0 aliphatic heterocycles. The first-order chi connectivity index (χ1) is 10.9. The van der Waals surface area contributed by atoms with Crippen molar-refractivity contribution in [3.05, 3.63) is 65.7 Å². The molecule has 1 heterocycles. The molecule has 1 saturated carbocycles. The summed E-state index contributed by atoms with van der Waals surface area (Å²) in [6, 6.07) is 19.5. The van der Waals surface area contributed by atoms with Crippen LogP contribution in [0.25, 0.3) is 11.4 Å². The van der Waals surface area contributed by atoms with Gasteiger partial charge in [0.1, 0.15) is 0 Å². The Morgan fingerprint density at radius 1 is 1.00 bits per heavy atom. The Hall–Kier alpha value is -2.20. The first-order valence-electron chi connectivity index (χ1n) is 7.63. The van der Waals surface area contributed by atoms with Crippen molar-refractivity contribution in [2.24, 2.45) is 5.92 Å².